The van der Waals surface area contributed by atoms with Gasteiger partial charge in [-0.15, -0.1) is 5.10 Å². The highest BCUT2D eigenvalue weighted by Gasteiger charge is 2.35. The number of anilines is 2. The molecule has 0 aliphatic carbocycles. The maximum absolute atomic E-state index is 13.0. The minimum absolute atomic E-state index is 0.0338. The zero-order valence-electron chi connectivity index (χ0n) is 17.8. The van der Waals surface area contributed by atoms with Gasteiger partial charge in [0.25, 0.3) is 0 Å². The van der Waals surface area contributed by atoms with Crippen molar-refractivity contribution in [3.8, 4) is 0 Å². The molecule has 0 spiro atoms. The van der Waals surface area contributed by atoms with E-state index in [4.69, 9.17) is 0 Å². The summed E-state index contributed by atoms with van der Waals surface area (Å²) >= 11 is 0. The largest absolute Gasteiger partial charge is 0.416 e. The fourth-order valence-corrected chi connectivity index (χ4v) is 5.62. The number of carbonyl (C=O) groups excluding carboxylic acids is 1. The summed E-state index contributed by atoms with van der Waals surface area (Å²) in [4.78, 5) is 18.6. The second-order valence-corrected chi connectivity index (χ2v) is 10.2. The molecule has 2 saturated heterocycles. The number of hydrogen-bond donors (Lipinski definition) is 2. The normalized spacial score (nSPS) is 18.9. The van der Waals surface area contributed by atoms with E-state index in [1.807, 2.05) is 4.90 Å². The van der Waals surface area contributed by atoms with Gasteiger partial charge in [0.15, 0.2) is 0 Å². The van der Waals surface area contributed by atoms with Crippen molar-refractivity contribution in [1.29, 1.82) is 0 Å². The van der Waals surface area contributed by atoms with E-state index in [0.717, 1.165) is 48.4 Å². The Kier molecular flexibility index (Phi) is 6.61. The lowest BCUT2D eigenvalue weighted by Gasteiger charge is -2.30. The van der Waals surface area contributed by atoms with Crippen molar-refractivity contribution in [3.63, 3.8) is 0 Å². The van der Waals surface area contributed by atoms with Crippen LogP contribution in [0.1, 0.15) is 37.7 Å². The van der Waals surface area contributed by atoms with Crippen LogP contribution in [0.15, 0.2) is 29.2 Å². The van der Waals surface area contributed by atoms with Crippen molar-refractivity contribution in [2.24, 2.45) is 5.92 Å². The lowest BCUT2D eigenvalue weighted by atomic mass is 9.97. The molecule has 0 bridgehead atoms. The molecule has 9 nitrogen and oxygen atoms in total. The number of piperidine rings is 2. The molecular formula is C20H25F3N6O3S. The molecule has 2 aliphatic rings. The van der Waals surface area contributed by atoms with Crippen molar-refractivity contribution in [2.45, 2.75) is 43.2 Å². The third kappa shape index (κ3) is 5.29. The lowest BCUT2D eigenvalue weighted by molar-refractivity contribution is -0.137. The van der Waals surface area contributed by atoms with E-state index >= 15 is 0 Å². The first kappa shape index (κ1) is 23.5. The number of nitrogens with zero attached hydrogens (tertiary/aromatic N) is 4. The van der Waals surface area contributed by atoms with Gasteiger partial charge in [-0.25, -0.2) is 13.5 Å². The summed E-state index contributed by atoms with van der Waals surface area (Å²) in [6.07, 6.45) is -0.831. The summed E-state index contributed by atoms with van der Waals surface area (Å²) in [5.41, 5.74) is -1.02. The van der Waals surface area contributed by atoms with Gasteiger partial charge in [-0.3, -0.25) is 10.1 Å². The Morgan fingerprint density at radius 1 is 1.09 bits per heavy atom. The minimum Gasteiger partial charge on any atom is -0.340 e. The van der Waals surface area contributed by atoms with Crippen molar-refractivity contribution < 1.29 is 26.4 Å². The van der Waals surface area contributed by atoms with Crippen molar-refractivity contribution >= 4 is 27.8 Å². The van der Waals surface area contributed by atoms with E-state index in [-0.39, 0.29) is 37.8 Å². The smallest absolute Gasteiger partial charge is 0.340 e. The van der Waals surface area contributed by atoms with Gasteiger partial charge in [0.2, 0.25) is 27.8 Å². The summed E-state index contributed by atoms with van der Waals surface area (Å²) in [6.45, 7) is 1.80. The van der Waals surface area contributed by atoms with E-state index < -0.39 is 32.6 Å². The van der Waals surface area contributed by atoms with Crippen molar-refractivity contribution in [1.82, 2.24) is 19.5 Å². The first-order valence-electron chi connectivity index (χ1n) is 10.8. The summed E-state index contributed by atoms with van der Waals surface area (Å²) in [6, 6.07) is 3.69. The molecule has 180 valence electrons. The molecule has 2 aromatic rings. The van der Waals surface area contributed by atoms with Gasteiger partial charge in [-0.05, 0) is 50.3 Å². The number of rotatable bonds is 5. The minimum atomic E-state index is -4.63. The van der Waals surface area contributed by atoms with Crippen LogP contribution < -0.4 is 10.2 Å². The van der Waals surface area contributed by atoms with Crippen LogP contribution in [-0.2, 0) is 21.0 Å². The molecule has 2 N–H and O–H groups in total. The number of halogens is 3. The molecule has 33 heavy (non-hydrogen) atoms. The number of hydrogen-bond acceptors (Lipinski definition) is 6. The van der Waals surface area contributed by atoms with Crippen LogP contribution in [0, 0.1) is 5.92 Å². The lowest BCUT2D eigenvalue weighted by Crippen LogP contribution is -2.41. The molecule has 3 heterocycles. The molecule has 1 aromatic carbocycles. The number of amides is 1. The Balaban J connectivity index is 1.35. The van der Waals surface area contributed by atoms with Gasteiger partial charge in [0, 0.05) is 32.1 Å². The Labute approximate surface area is 189 Å². The predicted octanol–water partition coefficient (Wildman–Crippen LogP) is 2.85. The zero-order chi connectivity index (χ0) is 23.6. The molecule has 13 heteroatoms. The molecule has 0 saturated carbocycles. The quantitative estimate of drug-likeness (QED) is 0.672. The van der Waals surface area contributed by atoms with Gasteiger partial charge < -0.3 is 4.90 Å². The van der Waals surface area contributed by atoms with Gasteiger partial charge >= 0.3 is 6.18 Å². The predicted molar refractivity (Wildman–Crippen MR) is 114 cm³/mol. The highest BCUT2D eigenvalue weighted by Crippen LogP contribution is 2.32. The van der Waals surface area contributed by atoms with Crippen LogP contribution in [0.25, 0.3) is 0 Å². The maximum Gasteiger partial charge on any atom is 0.416 e. The van der Waals surface area contributed by atoms with E-state index in [1.165, 1.54) is 6.42 Å². The maximum atomic E-state index is 13.0. The number of carbonyl (C=O) groups is 1. The number of nitrogens with one attached hydrogen (secondary N) is 2. The van der Waals surface area contributed by atoms with Crippen molar-refractivity contribution in [2.75, 3.05) is 36.4 Å². The highest BCUT2D eigenvalue weighted by atomic mass is 32.2. The first-order valence-corrected chi connectivity index (χ1v) is 12.2. The van der Waals surface area contributed by atoms with E-state index in [1.54, 1.807) is 0 Å². The molecule has 1 aromatic heterocycles. The average molecular weight is 487 g/mol. The number of benzene rings is 1. The van der Waals surface area contributed by atoms with Crippen LogP contribution in [0.3, 0.4) is 0 Å². The van der Waals surface area contributed by atoms with Crippen LogP contribution in [0.2, 0.25) is 0 Å². The zero-order valence-corrected chi connectivity index (χ0v) is 18.6. The third-order valence-electron chi connectivity index (χ3n) is 5.98. The molecule has 2 aliphatic heterocycles. The molecule has 4 rings (SSSR count). The standard InChI is InChI=1S/C20H25F3N6O3S/c21-20(22,23)15-5-4-6-16(13-15)33(31,32)29-11-7-14(8-12-29)17(30)24-18-25-19(27-26-18)28-9-2-1-3-10-28/h4-6,13-14H,1-3,7-12H2,(H2,24,25,26,27,30). The molecule has 2 fully saturated rings. The van der Waals surface area contributed by atoms with Crippen molar-refractivity contribution in [3.05, 3.63) is 29.8 Å². The third-order valence-corrected chi connectivity index (χ3v) is 7.87. The Bertz CT molecular complexity index is 1090. The van der Waals surface area contributed by atoms with E-state index in [2.05, 4.69) is 20.5 Å². The fraction of sp³-hybridized carbons (Fsp3) is 0.550. The second-order valence-electron chi connectivity index (χ2n) is 8.22. The van der Waals surface area contributed by atoms with E-state index in [9.17, 15) is 26.4 Å². The summed E-state index contributed by atoms with van der Waals surface area (Å²) in [7, 11) is -4.09. The summed E-state index contributed by atoms with van der Waals surface area (Å²) in [5, 5.41) is 9.55. The fourth-order valence-electron chi connectivity index (χ4n) is 4.10. The topological polar surface area (TPSA) is 111 Å². The molecular weight excluding hydrogens is 461 g/mol. The second kappa shape index (κ2) is 9.29. The summed E-state index contributed by atoms with van der Waals surface area (Å²) < 4.78 is 65.6. The average Bonchev–Trinajstić information content (AvgIpc) is 3.28. The number of aromatic amines is 1. The van der Waals surface area contributed by atoms with Crippen LogP contribution in [0.5, 0.6) is 0 Å². The molecule has 0 unspecified atom stereocenters. The van der Waals surface area contributed by atoms with Gasteiger partial charge in [0.05, 0.1) is 10.5 Å². The van der Waals surface area contributed by atoms with E-state index in [0.29, 0.717) is 12.0 Å². The van der Waals surface area contributed by atoms with Gasteiger partial charge in [-0.2, -0.15) is 22.5 Å². The highest BCUT2D eigenvalue weighted by molar-refractivity contribution is 7.89. The van der Waals surface area contributed by atoms with Gasteiger partial charge in [0.1, 0.15) is 0 Å². The molecule has 1 amide bonds. The van der Waals surface area contributed by atoms with Crippen LogP contribution in [0.4, 0.5) is 25.1 Å². The van der Waals surface area contributed by atoms with Crippen LogP contribution >= 0.6 is 0 Å². The number of aromatic nitrogens is 3. The Hall–Kier alpha value is -2.67. The van der Waals surface area contributed by atoms with Crippen LogP contribution in [-0.4, -0.2) is 60.0 Å². The Morgan fingerprint density at radius 3 is 2.45 bits per heavy atom. The first-order chi connectivity index (χ1) is 15.6. The number of H-pyrrole nitrogens is 1. The molecule has 0 atom stereocenters. The number of alkyl halides is 3. The van der Waals surface area contributed by atoms with Gasteiger partial charge in [-0.1, -0.05) is 6.07 Å². The summed E-state index contributed by atoms with van der Waals surface area (Å²) in [5.74, 6) is 0.0283. The monoisotopic (exact) mass is 486 g/mol. The number of sulfonamides is 1. The SMILES string of the molecule is O=C(Nc1nc(N2CCCCC2)n[nH]1)C1CCN(S(=O)(=O)c2cccc(C(F)(F)F)c2)CC1. The molecule has 0 radical (unpaired) electrons. The Morgan fingerprint density at radius 2 is 1.79 bits per heavy atom.